The second-order valence-electron chi connectivity index (χ2n) is 4.52. The Morgan fingerprint density at radius 3 is 2.78 bits per heavy atom. The molecule has 0 saturated carbocycles. The number of hydrogen-bond donors (Lipinski definition) is 3. The van der Waals surface area contributed by atoms with Gasteiger partial charge in [0.05, 0.1) is 6.10 Å². The minimum Gasteiger partial charge on any atom is -0.480 e. The summed E-state index contributed by atoms with van der Waals surface area (Å²) in [6.07, 6.45) is 1.01. The molecule has 4 nitrogen and oxygen atoms in total. The summed E-state index contributed by atoms with van der Waals surface area (Å²) in [6, 6.07) is 6.94. The van der Waals surface area contributed by atoms with Gasteiger partial charge in [-0.1, -0.05) is 24.3 Å². The fourth-order valence-electron chi connectivity index (χ4n) is 2.30. The number of aliphatic carboxylic acids is 1. The topological polar surface area (TPSA) is 69.6 Å². The summed E-state index contributed by atoms with van der Waals surface area (Å²) in [5, 5.41) is 22.0. The largest absolute Gasteiger partial charge is 1.00 e. The van der Waals surface area contributed by atoms with Crippen molar-refractivity contribution in [1.82, 2.24) is 5.32 Å². The van der Waals surface area contributed by atoms with Crippen molar-refractivity contribution in [3.05, 3.63) is 35.4 Å². The van der Waals surface area contributed by atoms with Crippen molar-refractivity contribution in [2.24, 2.45) is 0 Å². The van der Waals surface area contributed by atoms with Gasteiger partial charge in [0.25, 0.3) is 0 Å². The zero-order valence-corrected chi connectivity index (χ0v) is 10.8. The molecule has 0 bridgehead atoms. The van der Waals surface area contributed by atoms with Gasteiger partial charge in [-0.3, -0.25) is 10.1 Å². The van der Waals surface area contributed by atoms with Gasteiger partial charge in [-0.25, -0.2) is 0 Å². The van der Waals surface area contributed by atoms with E-state index in [4.69, 9.17) is 5.11 Å². The molecule has 0 amide bonds. The molecule has 3 N–H and O–H groups in total. The molecule has 3 atom stereocenters. The second kappa shape index (κ2) is 6.40. The number of carbonyl (C=O) groups is 1. The third kappa shape index (κ3) is 3.15. The second-order valence-corrected chi connectivity index (χ2v) is 4.52. The summed E-state index contributed by atoms with van der Waals surface area (Å²) in [6.45, 7) is 1.59. The van der Waals surface area contributed by atoms with Crippen molar-refractivity contribution in [2.75, 3.05) is 0 Å². The predicted molar refractivity (Wildman–Crippen MR) is 63.7 cm³/mol. The smallest absolute Gasteiger partial charge is 0.480 e. The zero-order chi connectivity index (χ0) is 12.4. The molecule has 92 valence electrons. The summed E-state index contributed by atoms with van der Waals surface area (Å²) >= 11 is 0. The van der Waals surface area contributed by atoms with Crippen molar-refractivity contribution < 1.29 is 33.9 Å². The minimum atomic E-state index is -0.893. The molecule has 1 aliphatic carbocycles. The third-order valence-corrected chi connectivity index (χ3v) is 3.31. The van der Waals surface area contributed by atoms with E-state index >= 15 is 0 Å². The standard InChI is InChI=1S/C13H17NO3.Li/c1-8(13(16)17)14-11-7-6-9-4-2-3-5-10(9)12(11)15;/h2-5,8,11-12,14-15H,6-7H2,1H3,(H,16,17);/q;+1. The summed E-state index contributed by atoms with van der Waals surface area (Å²) in [7, 11) is 0. The first kappa shape index (κ1) is 15.3. The van der Waals surface area contributed by atoms with Crippen LogP contribution in [-0.2, 0) is 11.2 Å². The molecule has 1 aliphatic rings. The van der Waals surface area contributed by atoms with Gasteiger partial charge in [0.15, 0.2) is 0 Å². The maximum Gasteiger partial charge on any atom is 1.00 e. The summed E-state index contributed by atoms with van der Waals surface area (Å²) in [5.41, 5.74) is 2.06. The minimum absolute atomic E-state index is 0. The van der Waals surface area contributed by atoms with Crippen molar-refractivity contribution in [3.8, 4) is 0 Å². The Kier molecular flexibility index (Phi) is 5.42. The van der Waals surface area contributed by atoms with E-state index in [1.807, 2.05) is 24.3 Å². The number of hydrogen-bond acceptors (Lipinski definition) is 3. The predicted octanol–water partition coefficient (Wildman–Crippen LogP) is -1.90. The number of aliphatic hydroxyl groups is 1. The first-order chi connectivity index (χ1) is 8.09. The van der Waals surface area contributed by atoms with Crippen molar-refractivity contribution >= 4 is 5.97 Å². The SMILES string of the molecule is CC(NC1CCc2ccccc2C1O)C(=O)O.[Li+]. The molecule has 18 heavy (non-hydrogen) atoms. The monoisotopic (exact) mass is 242 g/mol. The number of fused-ring (bicyclic) bond motifs is 1. The molecule has 0 fully saturated rings. The summed E-state index contributed by atoms with van der Waals surface area (Å²) in [4.78, 5) is 10.8. The van der Waals surface area contributed by atoms with Crippen LogP contribution in [-0.4, -0.2) is 28.3 Å². The van der Waals surface area contributed by atoms with Gasteiger partial charge in [-0.2, -0.15) is 0 Å². The number of rotatable bonds is 3. The molecule has 0 saturated heterocycles. The molecule has 3 unspecified atom stereocenters. The molecule has 0 heterocycles. The average molecular weight is 242 g/mol. The van der Waals surface area contributed by atoms with Crippen LogP contribution in [0.5, 0.6) is 0 Å². The molecule has 0 aromatic heterocycles. The Balaban J connectivity index is 0.00000162. The first-order valence-corrected chi connectivity index (χ1v) is 5.84. The Morgan fingerprint density at radius 2 is 2.11 bits per heavy atom. The number of carboxylic acid groups (broad SMARTS) is 1. The van der Waals surface area contributed by atoms with Gasteiger partial charge in [0.2, 0.25) is 0 Å². The van der Waals surface area contributed by atoms with E-state index in [-0.39, 0.29) is 24.9 Å². The number of nitrogens with one attached hydrogen (secondary N) is 1. The number of benzene rings is 1. The van der Waals surface area contributed by atoms with E-state index < -0.39 is 18.1 Å². The van der Waals surface area contributed by atoms with Gasteiger partial charge in [-0.15, -0.1) is 0 Å². The van der Waals surface area contributed by atoms with Gasteiger partial charge in [-0.05, 0) is 30.9 Å². The third-order valence-electron chi connectivity index (χ3n) is 3.31. The normalized spacial score (nSPS) is 23.7. The van der Waals surface area contributed by atoms with E-state index in [9.17, 15) is 9.90 Å². The van der Waals surface area contributed by atoms with E-state index in [0.29, 0.717) is 0 Å². The number of aliphatic hydroxyl groups excluding tert-OH is 1. The molecule has 2 rings (SSSR count). The average Bonchev–Trinajstić information content (AvgIpc) is 2.33. The van der Waals surface area contributed by atoms with Crippen LogP contribution in [0, 0.1) is 0 Å². The molecule has 0 spiro atoms. The molecule has 1 aromatic rings. The van der Waals surface area contributed by atoms with Crippen molar-refractivity contribution in [2.45, 2.75) is 38.0 Å². The van der Waals surface area contributed by atoms with E-state index in [1.165, 1.54) is 0 Å². The maximum absolute atomic E-state index is 10.8. The Bertz CT molecular complexity index is 424. The Labute approximate surface area is 119 Å². The van der Waals surface area contributed by atoms with Gasteiger partial charge < -0.3 is 10.2 Å². The zero-order valence-electron chi connectivity index (χ0n) is 10.8. The van der Waals surface area contributed by atoms with Crippen molar-refractivity contribution in [3.63, 3.8) is 0 Å². The molecule has 1 aromatic carbocycles. The fourth-order valence-corrected chi connectivity index (χ4v) is 2.30. The van der Waals surface area contributed by atoms with E-state index in [0.717, 1.165) is 24.0 Å². The van der Waals surface area contributed by atoms with Gasteiger partial charge in [0, 0.05) is 6.04 Å². The maximum atomic E-state index is 10.8. The molecule has 5 heteroatoms. The van der Waals surface area contributed by atoms with Crippen LogP contribution in [0.1, 0.15) is 30.6 Å². The van der Waals surface area contributed by atoms with Crippen LogP contribution in [0.3, 0.4) is 0 Å². The van der Waals surface area contributed by atoms with Crippen molar-refractivity contribution in [1.29, 1.82) is 0 Å². The summed E-state index contributed by atoms with van der Waals surface area (Å²) < 4.78 is 0. The van der Waals surface area contributed by atoms with Crippen LogP contribution >= 0.6 is 0 Å². The summed E-state index contributed by atoms with van der Waals surface area (Å²) in [5.74, 6) is -0.893. The van der Waals surface area contributed by atoms with Crippen LogP contribution in [0.4, 0.5) is 0 Å². The van der Waals surface area contributed by atoms with Crippen LogP contribution in [0.15, 0.2) is 24.3 Å². The quantitative estimate of drug-likeness (QED) is 0.542. The fraction of sp³-hybridized carbons (Fsp3) is 0.462. The van der Waals surface area contributed by atoms with E-state index in [2.05, 4.69) is 5.32 Å². The first-order valence-electron chi connectivity index (χ1n) is 5.84. The Hall–Kier alpha value is -0.793. The van der Waals surface area contributed by atoms with Gasteiger partial charge in [0.1, 0.15) is 6.04 Å². The van der Waals surface area contributed by atoms with Crippen LogP contribution < -0.4 is 24.2 Å². The molecular weight excluding hydrogens is 225 g/mol. The van der Waals surface area contributed by atoms with Crippen LogP contribution in [0.2, 0.25) is 0 Å². The molecular formula is C13H17LiNO3+. The van der Waals surface area contributed by atoms with Gasteiger partial charge >= 0.3 is 24.8 Å². The number of aryl methyl sites for hydroxylation is 1. The molecule has 0 radical (unpaired) electrons. The van der Waals surface area contributed by atoms with Crippen LogP contribution in [0.25, 0.3) is 0 Å². The van der Waals surface area contributed by atoms with E-state index in [1.54, 1.807) is 6.92 Å². The number of carboxylic acids is 1. The molecule has 0 aliphatic heterocycles. The Morgan fingerprint density at radius 1 is 1.44 bits per heavy atom.